The van der Waals surface area contributed by atoms with Gasteiger partial charge < -0.3 is 15.5 Å². The lowest BCUT2D eigenvalue weighted by Crippen LogP contribution is -2.22. The fourth-order valence-electron chi connectivity index (χ4n) is 1.18. The number of ether oxygens (including phenoxy) is 1. The Morgan fingerprint density at radius 1 is 1.56 bits per heavy atom. The van der Waals surface area contributed by atoms with Crippen LogP contribution in [0, 0.1) is 5.41 Å². The lowest BCUT2D eigenvalue weighted by Gasteiger charge is -2.08. The predicted molar refractivity (Wildman–Crippen MR) is 63.2 cm³/mol. The maximum Gasteiger partial charge on any atom is 0.407 e. The molecule has 1 aromatic rings. The SMILES string of the molecule is COC(=O)NCc1cc(C(C)=N)ccc1Cl. The zero-order valence-corrected chi connectivity index (χ0v) is 9.89. The summed E-state index contributed by atoms with van der Waals surface area (Å²) in [5, 5.41) is 10.6. The first-order valence-electron chi connectivity index (χ1n) is 4.70. The molecule has 2 N–H and O–H groups in total. The van der Waals surface area contributed by atoms with E-state index in [0.717, 1.165) is 11.1 Å². The number of rotatable bonds is 3. The van der Waals surface area contributed by atoms with E-state index in [0.29, 0.717) is 10.7 Å². The van der Waals surface area contributed by atoms with Crippen LogP contribution in [0.3, 0.4) is 0 Å². The van der Waals surface area contributed by atoms with Gasteiger partial charge in [-0.2, -0.15) is 0 Å². The Kier molecular flexibility index (Phi) is 4.31. The van der Waals surface area contributed by atoms with Gasteiger partial charge >= 0.3 is 6.09 Å². The Bertz CT molecular complexity index is 418. The van der Waals surface area contributed by atoms with Gasteiger partial charge in [0.1, 0.15) is 0 Å². The minimum absolute atomic E-state index is 0.284. The molecule has 5 heteroatoms. The van der Waals surface area contributed by atoms with Crippen molar-refractivity contribution in [2.75, 3.05) is 7.11 Å². The van der Waals surface area contributed by atoms with Gasteiger partial charge in [0.2, 0.25) is 0 Å². The number of hydrogen-bond donors (Lipinski definition) is 2. The maximum absolute atomic E-state index is 10.9. The lowest BCUT2D eigenvalue weighted by molar-refractivity contribution is 0.170. The van der Waals surface area contributed by atoms with Gasteiger partial charge in [0.25, 0.3) is 0 Å². The van der Waals surface area contributed by atoms with Gasteiger partial charge in [0.05, 0.1) is 7.11 Å². The van der Waals surface area contributed by atoms with Crippen LogP contribution in [0.4, 0.5) is 4.79 Å². The number of methoxy groups -OCH3 is 1. The Labute approximate surface area is 99.1 Å². The van der Waals surface area contributed by atoms with E-state index in [-0.39, 0.29) is 6.54 Å². The van der Waals surface area contributed by atoms with E-state index in [4.69, 9.17) is 17.0 Å². The molecule has 0 saturated carbocycles. The summed E-state index contributed by atoms with van der Waals surface area (Å²) in [5.74, 6) is 0. The maximum atomic E-state index is 10.9. The molecule has 0 bridgehead atoms. The van der Waals surface area contributed by atoms with Gasteiger partial charge in [0.15, 0.2) is 0 Å². The van der Waals surface area contributed by atoms with Crippen molar-refractivity contribution < 1.29 is 9.53 Å². The monoisotopic (exact) mass is 240 g/mol. The Hall–Kier alpha value is -1.55. The molecular formula is C11H13ClN2O2. The number of halogens is 1. The Morgan fingerprint density at radius 3 is 2.81 bits per heavy atom. The van der Waals surface area contributed by atoms with Crippen molar-refractivity contribution in [1.29, 1.82) is 5.41 Å². The van der Waals surface area contributed by atoms with E-state index in [9.17, 15) is 4.79 Å². The molecule has 0 aromatic heterocycles. The predicted octanol–water partition coefficient (Wildman–Crippen LogP) is 2.58. The minimum Gasteiger partial charge on any atom is -0.453 e. The van der Waals surface area contributed by atoms with Gasteiger partial charge in [-0.3, -0.25) is 0 Å². The second-order valence-electron chi connectivity index (χ2n) is 3.28. The molecule has 0 aliphatic carbocycles. The first-order chi connectivity index (χ1) is 7.54. The van der Waals surface area contributed by atoms with Crippen LogP contribution in [0.1, 0.15) is 18.1 Å². The minimum atomic E-state index is -0.506. The van der Waals surface area contributed by atoms with Crippen molar-refractivity contribution in [3.05, 3.63) is 34.3 Å². The molecule has 0 unspecified atom stereocenters. The van der Waals surface area contributed by atoms with E-state index < -0.39 is 6.09 Å². The van der Waals surface area contributed by atoms with E-state index in [1.807, 2.05) is 0 Å². The van der Waals surface area contributed by atoms with Gasteiger partial charge in [-0.25, -0.2) is 4.79 Å². The molecular weight excluding hydrogens is 228 g/mol. The number of amides is 1. The first kappa shape index (κ1) is 12.5. The highest BCUT2D eigenvalue weighted by Gasteiger charge is 2.05. The van der Waals surface area contributed by atoms with Gasteiger partial charge in [-0.15, -0.1) is 0 Å². The summed E-state index contributed by atoms with van der Waals surface area (Å²) in [6.45, 7) is 1.98. The number of nitrogens with one attached hydrogen (secondary N) is 2. The molecule has 0 fully saturated rings. The molecule has 0 atom stereocenters. The smallest absolute Gasteiger partial charge is 0.407 e. The number of benzene rings is 1. The molecule has 16 heavy (non-hydrogen) atoms. The third kappa shape index (κ3) is 3.24. The van der Waals surface area contributed by atoms with Crippen molar-refractivity contribution in [3.63, 3.8) is 0 Å². The average Bonchev–Trinajstić information content (AvgIpc) is 2.27. The van der Waals surface area contributed by atoms with E-state index in [1.54, 1.807) is 25.1 Å². The Morgan fingerprint density at radius 2 is 2.25 bits per heavy atom. The molecule has 4 nitrogen and oxygen atoms in total. The highest BCUT2D eigenvalue weighted by Crippen LogP contribution is 2.17. The fourth-order valence-corrected chi connectivity index (χ4v) is 1.37. The van der Waals surface area contributed by atoms with E-state index in [2.05, 4.69) is 10.1 Å². The normalized spacial score (nSPS) is 9.69. The molecule has 1 amide bonds. The number of hydrogen-bond acceptors (Lipinski definition) is 3. The van der Waals surface area contributed by atoms with Crippen LogP contribution in [0.5, 0.6) is 0 Å². The van der Waals surface area contributed by atoms with Crippen molar-refractivity contribution in [1.82, 2.24) is 5.32 Å². The molecule has 0 saturated heterocycles. The zero-order valence-electron chi connectivity index (χ0n) is 9.13. The number of alkyl carbamates (subject to hydrolysis) is 1. The number of carbonyl (C=O) groups is 1. The summed E-state index contributed by atoms with van der Waals surface area (Å²) < 4.78 is 4.45. The van der Waals surface area contributed by atoms with Crippen LogP contribution >= 0.6 is 11.6 Å². The number of carbonyl (C=O) groups excluding carboxylic acids is 1. The summed E-state index contributed by atoms with van der Waals surface area (Å²) in [4.78, 5) is 10.9. The van der Waals surface area contributed by atoms with Crippen LogP contribution in [0.25, 0.3) is 0 Å². The standard InChI is InChI=1S/C11H13ClN2O2/c1-7(13)8-3-4-10(12)9(5-8)6-14-11(15)16-2/h3-5,13H,6H2,1-2H3,(H,14,15). The molecule has 0 radical (unpaired) electrons. The highest BCUT2D eigenvalue weighted by atomic mass is 35.5. The first-order valence-corrected chi connectivity index (χ1v) is 5.08. The quantitative estimate of drug-likeness (QED) is 0.798. The second-order valence-corrected chi connectivity index (χ2v) is 3.68. The summed E-state index contributed by atoms with van der Waals surface area (Å²) in [5.41, 5.74) is 2.00. The summed E-state index contributed by atoms with van der Waals surface area (Å²) in [7, 11) is 1.30. The van der Waals surface area contributed by atoms with Crippen LogP contribution in [-0.4, -0.2) is 18.9 Å². The molecule has 0 aliphatic heterocycles. The topological polar surface area (TPSA) is 62.2 Å². The van der Waals surface area contributed by atoms with Gasteiger partial charge in [0, 0.05) is 17.3 Å². The molecule has 0 aliphatic rings. The third-order valence-corrected chi connectivity index (χ3v) is 2.46. The van der Waals surface area contributed by atoms with Crippen LogP contribution in [0.2, 0.25) is 5.02 Å². The van der Waals surface area contributed by atoms with Crippen molar-refractivity contribution >= 4 is 23.4 Å². The third-order valence-electron chi connectivity index (χ3n) is 2.09. The van der Waals surface area contributed by atoms with Crippen LogP contribution in [0.15, 0.2) is 18.2 Å². The van der Waals surface area contributed by atoms with E-state index >= 15 is 0 Å². The zero-order chi connectivity index (χ0) is 12.1. The second kappa shape index (κ2) is 5.51. The summed E-state index contributed by atoms with van der Waals surface area (Å²) >= 11 is 5.96. The van der Waals surface area contributed by atoms with E-state index in [1.165, 1.54) is 7.11 Å². The van der Waals surface area contributed by atoms with Crippen LogP contribution < -0.4 is 5.32 Å². The summed E-state index contributed by atoms with van der Waals surface area (Å²) in [6.07, 6.45) is -0.506. The largest absolute Gasteiger partial charge is 0.453 e. The summed E-state index contributed by atoms with van der Waals surface area (Å²) in [6, 6.07) is 5.26. The molecule has 1 aromatic carbocycles. The molecule has 0 heterocycles. The van der Waals surface area contributed by atoms with Crippen LogP contribution in [-0.2, 0) is 11.3 Å². The van der Waals surface area contributed by atoms with Gasteiger partial charge in [-0.1, -0.05) is 17.7 Å². The average molecular weight is 241 g/mol. The van der Waals surface area contributed by atoms with Crippen molar-refractivity contribution in [2.45, 2.75) is 13.5 Å². The highest BCUT2D eigenvalue weighted by molar-refractivity contribution is 6.31. The van der Waals surface area contributed by atoms with Crippen molar-refractivity contribution in [2.24, 2.45) is 0 Å². The molecule has 86 valence electrons. The van der Waals surface area contributed by atoms with Gasteiger partial charge in [-0.05, 0) is 30.2 Å². The molecule has 0 spiro atoms. The van der Waals surface area contributed by atoms with Crippen molar-refractivity contribution in [3.8, 4) is 0 Å². The molecule has 1 rings (SSSR count). The fraction of sp³-hybridized carbons (Fsp3) is 0.273. The lowest BCUT2D eigenvalue weighted by atomic mass is 10.1. The Balaban J connectivity index is 2.82.